The van der Waals surface area contributed by atoms with Crippen molar-refractivity contribution in [3.8, 4) is 56.3 Å². The minimum atomic E-state index is -2.42. The van der Waals surface area contributed by atoms with Crippen molar-refractivity contribution in [3.05, 3.63) is 390 Å². The van der Waals surface area contributed by atoms with E-state index in [1.54, 1.807) is 24.5 Å². The molecule has 10 heterocycles. The molecule has 0 N–H and O–H groups in total. The number of nitrogens with zero attached hydrogens (tertiary/aromatic N) is 5. The Labute approximate surface area is 849 Å². The minimum Gasteiger partial charge on any atom is -0.455 e. The smallest absolute Gasteiger partial charge is 0.216 e. The van der Waals surface area contributed by atoms with E-state index in [1.165, 1.54) is 67.6 Å². The predicted octanol–water partition coefficient (Wildman–Crippen LogP) is 34.0. The molecule has 0 saturated heterocycles. The Balaban J connectivity index is 0.000000104. The molecule has 15 aromatic carbocycles. The van der Waals surface area contributed by atoms with Crippen LogP contribution in [0.1, 0.15) is 178 Å². The molecule has 0 bridgehead atoms. The van der Waals surface area contributed by atoms with Crippen LogP contribution in [-0.4, -0.2) is 0 Å². The van der Waals surface area contributed by atoms with Crippen LogP contribution in [0.25, 0.3) is 220 Å². The van der Waals surface area contributed by atoms with Gasteiger partial charge in [0.2, 0.25) is 28.5 Å². The first kappa shape index (κ1) is 80.1. The number of aryl methyl sites for hydroxylation is 11. The Kier molecular flexibility index (Phi) is 20.9. The number of hydrogen-bond acceptors (Lipinski definition) is 5. The first-order chi connectivity index (χ1) is 73.3. The standard InChI is InChI=1S/C29H28NO.C28H26NO.2C26H24NO.C24H20NO/c1-19-12-13-24-25-16-21-10-6-7-11-22(21)18-27(25)31-29(24)28(19)26-17-23(14-15-30(26)2)20-8-4-3-5-9-20;1-18-11-12-23-24-15-20-9-5-6-10-21(20)17-26(24)30-28(23)27(18)25-16-22(13-14-29(25)2)19-7-3-4-8-19;1-16(2)20-10-12-23(27(4)15-20)25-17(3)9-11-21-22-13-18-7-5-6-8-19(18)14-24(22)28-26(21)25;1-16(2)18-11-12-27(4)23(14-18)25-17(3)9-10-21-22-13-19-7-5-6-8-20(19)15-24(22)28-26(21)25;1-15-8-11-21(25(3)14-15)23-16(2)9-10-19-20-12-17-6-4-5-7-18(17)13-22(20)26-24(19)23/h6-7,10-18,20H,3-5,8-9H2,1-2H3;5-6,9-17,19H,3-4,7-8H2,1-2H3;2*5-16H,1-4H3;4-14H,1-3H3/q5*+1/i20D;19D;1D3,16D;16D;1D3. The third-order valence-corrected chi connectivity index (χ3v) is 30.1. The van der Waals surface area contributed by atoms with Crippen molar-refractivity contribution in [3.63, 3.8) is 0 Å². The second kappa shape index (κ2) is 37.4. The van der Waals surface area contributed by atoms with Crippen LogP contribution in [-0.2, 0) is 35.2 Å². The number of fused-ring (bicyclic) bond motifs is 20. The van der Waals surface area contributed by atoms with E-state index >= 15 is 0 Å². The van der Waals surface area contributed by atoms with Crippen molar-refractivity contribution in [2.75, 3.05) is 0 Å². The summed E-state index contributed by atoms with van der Waals surface area (Å²) in [6, 6.07) is 105. The maximum atomic E-state index is 9.15. The summed E-state index contributed by atoms with van der Waals surface area (Å²) in [5.74, 6) is -3.29. The number of rotatable bonds is 9. The van der Waals surface area contributed by atoms with E-state index in [0.29, 0.717) is 11.1 Å². The summed E-state index contributed by atoms with van der Waals surface area (Å²) in [6.07, 6.45) is 19.3. The van der Waals surface area contributed by atoms with Gasteiger partial charge in [0.1, 0.15) is 91.1 Å². The maximum Gasteiger partial charge on any atom is 0.216 e. The number of furan rings is 5. The summed E-state index contributed by atoms with van der Waals surface area (Å²) in [5, 5.41) is 23.0. The van der Waals surface area contributed by atoms with E-state index in [1.807, 2.05) is 99.7 Å². The van der Waals surface area contributed by atoms with Crippen LogP contribution in [0, 0.1) is 41.5 Å². The molecular weight excluding hydrogens is 1750 g/mol. The zero-order chi connectivity index (χ0) is 107. The van der Waals surface area contributed by atoms with Gasteiger partial charge in [-0.05, 0) is 262 Å². The van der Waals surface area contributed by atoms with Crippen LogP contribution in [0.5, 0.6) is 0 Å². The van der Waals surface area contributed by atoms with Crippen molar-refractivity contribution in [2.45, 2.75) is 150 Å². The van der Waals surface area contributed by atoms with E-state index in [2.05, 4.69) is 317 Å². The highest BCUT2D eigenvalue weighted by Crippen LogP contribution is 2.48. The maximum absolute atomic E-state index is 9.15. The topological polar surface area (TPSA) is 85.1 Å². The lowest BCUT2D eigenvalue weighted by atomic mass is 9.84. The average molecular weight is 1880 g/mol. The molecule has 2 saturated carbocycles. The normalized spacial score (nSPS) is 15.4. The first-order valence-corrected chi connectivity index (χ1v) is 50.1. The van der Waals surface area contributed by atoms with Gasteiger partial charge in [-0.15, -0.1) is 0 Å². The van der Waals surface area contributed by atoms with Gasteiger partial charge >= 0.3 is 0 Å². The second-order valence-electron chi connectivity index (χ2n) is 39.8. The quantitative estimate of drug-likeness (QED) is 0.134. The summed E-state index contributed by atoms with van der Waals surface area (Å²) in [7, 11) is 9.97. The van der Waals surface area contributed by atoms with Crippen molar-refractivity contribution in [1.82, 2.24) is 0 Å². The number of benzene rings is 15. The molecule has 0 aliphatic heterocycles. The number of pyridine rings is 5. The van der Waals surface area contributed by atoms with Crippen LogP contribution in [0.4, 0.5) is 0 Å². The van der Waals surface area contributed by atoms with Gasteiger partial charge in [0.15, 0.2) is 31.0 Å². The van der Waals surface area contributed by atoms with Gasteiger partial charge in [0.05, 0.1) is 27.8 Å². The highest BCUT2D eigenvalue weighted by molar-refractivity contribution is 6.19. The lowest BCUT2D eigenvalue weighted by Gasteiger charge is -2.21. The largest absolute Gasteiger partial charge is 0.455 e. The van der Waals surface area contributed by atoms with Gasteiger partial charge in [0, 0.05) is 127 Å². The SMILES string of the molecule is [2H]C(C)(C)c1cc[n+](C)c(-c2c(C)ccc3c2oc2cc4ccccc4cc23)c1.[2H]C([2H])([2H])C([2H])(C)c1ccc(-c2c(C)ccc3c2oc2cc4ccccc4cc23)[n+](C)c1.[2H]C([2H])([2H])c1ccc(-c2c(C)ccc3c2oc2cc4ccccc4cc23)[n+](C)c1.[2H]C1(c2cc[n+](C)c(-c3c(C)ccc4c3oc3cc5ccccc5cc34)c2)CCCC1.[2H]C1(c2cc[n+](C)c(-c3c(C)ccc4c3oc3cc5ccccc5cc34)c2)CCCCC1. The Bertz CT molecular complexity index is 9910. The molecule has 0 radical (unpaired) electrons. The fourth-order valence-corrected chi connectivity index (χ4v) is 22.2. The Morgan fingerprint density at radius 3 is 0.839 bits per heavy atom. The van der Waals surface area contributed by atoms with E-state index in [-0.39, 0.29) is 0 Å². The Morgan fingerprint density at radius 2 is 0.545 bits per heavy atom. The van der Waals surface area contributed by atoms with Crippen molar-refractivity contribution < 1.29 is 58.6 Å². The molecule has 0 spiro atoms. The fraction of sp³-hybridized carbons (Fsp3) is 0.211. The lowest BCUT2D eigenvalue weighted by molar-refractivity contribution is -0.660. The number of hydrogen-bond donors (Lipinski definition) is 0. The average Bonchev–Trinajstić information content (AvgIpc) is 1.61. The lowest BCUT2D eigenvalue weighted by Crippen LogP contribution is -2.31. The Hall–Kier alpha value is -15.7. The summed E-state index contributed by atoms with van der Waals surface area (Å²) in [5.41, 5.74) is 29.0. The van der Waals surface area contributed by atoms with Crippen molar-refractivity contribution in [1.29, 1.82) is 0 Å². The molecule has 10 aromatic heterocycles. The zero-order valence-electron chi connectivity index (χ0n) is 93.4. The van der Waals surface area contributed by atoms with Crippen LogP contribution in [0.15, 0.2) is 356 Å². The van der Waals surface area contributed by atoms with Gasteiger partial charge in [-0.25, -0.2) is 22.8 Å². The van der Waals surface area contributed by atoms with E-state index in [0.717, 1.165) is 261 Å². The Morgan fingerprint density at radius 1 is 0.266 bits per heavy atom. The van der Waals surface area contributed by atoms with Gasteiger partial charge in [-0.1, -0.05) is 242 Å². The van der Waals surface area contributed by atoms with E-state index in [4.69, 9.17) is 35.8 Å². The molecule has 1 atom stereocenters. The molecule has 143 heavy (non-hydrogen) atoms. The monoisotopic (exact) mass is 1880 g/mol. The molecule has 1 unspecified atom stereocenters. The molecule has 704 valence electrons. The fourth-order valence-electron chi connectivity index (χ4n) is 22.2. The van der Waals surface area contributed by atoms with Crippen molar-refractivity contribution in [2.24, 2.45) is 35.2 Å². The minimum absolute atomic E-state index is 0.324. The van der Waals surface area contributed by atoms with Crippen LogP contribution < -0.4 is 22.8 Å². The number of aromatic nitrogens is 5. The molecule has 10 nitrogen and oxygen atoms in total. The molecule has 0 amide bonds. The molecule has 2 fully saturated rings. The van der Waals surface area contributed by atoms with Crippen molar-refractivity contribution >= 4 is 164 Å². The van der Waals surface area contributed by atoms with Crippen LogP contribution in [0.2, 0.25) is 0 Å². The predicted molar refractivity (Wildman–Crippen MR) is 593 cm³/mol. The van der Waals surface area contributed by atoms with Crippen LogP contribution >= 0.6 is 0 Å². The zero-order valence-corrected chi connectivity index (χ0v) is 83.4. The van der Waals surface area contributed by atoms with E-state index in [9.17, 15) is 0 Å². The molecule has 25 aromatic rings. The second-order valence-corrected chi connectivity index (χ2v) is 39.8. The molecular formula is C133H122N5O5+5. The van der Waals surface area contributed by atoms with E-state index < -0.39 is 37.3 Å². The van der Waals surface area contributed by atoms with Gasteiger partial charge in [-0.3, -0.25) is 0 Å². The summed E-state index contributed by atoms with van der Waals surface area (Å²) >= 11 is 0. The van der Waals surface area contributed by atoms with Gasteiger partial charge in [-0.2, -0.15) is 0 Å². The third-order valence-electron chi connectivity index (χ3n) is 30.1. The molecule has 10 heteroatoms. The summed E-state index contributed by atoms with van der Waals surface area (Å²) in [6.45, 7) is 11.3. The first-order valence-electron chi connectivity index (χ1n) is 55.1. The van der Waals surface area contributed by atoms with Gasteiger partial charge in [0.25, 0.3) is 0 Å². The summed E-state index contributed by atoms with van der Waals surface area (Å²) < 4.78 is 124. The van der Waals surface area contributed by atoms with Crippen LogP contribution in [0.3, 0.4) is 0 Å². The third kappa shape index (κ3) is 16.9. The molecule has 2 aliphatic carbocycles. The molecule has 2 aliphatic rings. The van der Waals surface area contributed by atoms with Gasteiger partial charge < -0.3 is 22.1 Å². The highest BCUT2D eigenvalue weighted by atomic mass is 16.3. The molecule has 27 rings (SSSR count). The highest BCUT2D eigenvalue weighted by Gasteiger charge is 2.31. The summed E-state index contributed by atoms with van der Waals surface area (Å²) in [4.78, 5) is 0.